The fraction of sp³-hybridized carbons (Fsp3) is 0.929. The Labute approximate surface area is 117 Å². The van der Waals surface area contributed by atoms with E-state index in [4.69, 9.17) is 4.74 Å². The van der Waals surface area contributed by atoms with Crippen LogP contribution in [0.15, 0.2) is 0 Å². The molecule has 0 bridgehead atoms. The third-order valence-corrected chi connectivity index (χ3v) is 3.48. The van der Waals surface area contributed by atoms with Crippen LogP contribution in [0.3, 0.4) is 0 Å². The molecule has 0 aromatic heterocycles. The molecule has 1 aliphatic rings. The lowest BCUT2D eigenvalue weighted by molar-refractivity contribution is -0.128. The maximum absolute atomic E-state index is 11.8. The maximum Gasteiger partial charge on any atom is 0.225 e. The lowest BCUT2D eigenvalue weighted by Gasteiger charge is -2.22. The first-order chi connectivity index (χ1) is 9.09. The summed E-state index contributed by atoms with van der Waals surface area (Å²) in [6.07, 6.45) is 2.98. The molecular formula is C14H29N3O2. The van der Waals surface area contributed by atoms with Gasteiger partial charge in [0.1, 0.15) is 0 Å². The minimum Gasteiger partial charge on any atom is -0.381 e. The van der Waals surface area contributed by atoms with E-state index in [1.807, 2.05) is 0 Å². The van der Waals surface area contributed by atoms with Crippen LogP contribution in [0.5, 0.6) is 0 Å². The Morgan fingerprint density at radius 3 is 2.68 bits per heavy atom. The number of hydrogen-bond donors (Lipinski definition) is 1. The smallest absolute Gasteiger partial charge is 0.225 e. The van der Waals surface area contributed by atoms with Crippen LogP contribution in [0.25, 0.3) is 0 Å². The van der Waals surface area contributed by atoms with Crippen molar-refractivity contribution in [2.75, 3.05) is 60.5 Å². The molecule has 5 heteroatoms. The predicted octanol–water partition coefficient (Wildman–Crippen LogP) is 0.413. The molecule has 112 valence electrons. The minimum absolute atomic E-state index is 0.0696. The van der Waals surface area contributed by atoms with Crippen molar-refractivity contribution in [3.8, 4) is 0 Å². The summed E-state index contributed by atoms with van der Waals surface area (Å²) in [6, 6.07) is 0. The molecular weight excluding hydrogens is 242 g/mol. The first kappa shape index (κ1) is 16.4. The fourth-order valence-corrected chi connectivity index (χ4v) is 2.13. The van der Waals surface area contributed by atoms with Crippen LogP contribution in [-0.2, 0) is 9.53 Å². The predicted molar refractivity (Wildman–Crippen MR) is 77.2 cm³/mol. The van der Waals surface area contributed by atoms with Crippen molar-refractivity contribution in [3.63, 3.8) is 0 Å². The highest BCUT2D eigenvalue weighted by Gasteiger charge is 2.20. The molecule has 0 aromatic rings. The Balaban J connectivity index is 2.01. The van der Waals surface area contributed by atoms with Gasteiger partial charge in [-0.05, 0) is 47.0 Å². The second kappa shape index (κ2) is 9.28. The van der Waals surface area contributed by atoms with Crippen molar-refractivity contribution in [1.29, 1.82) is 0 Å². The molecule has 0 aliphatic carbocycles. The molecule has 0 saturated carbocycles. The van der Waals surface area contributed by atoms with Gasteiger partial charge in [-0.2, -0.15) is 0 Å². The van der Waals surface area contributed by atoms with Crippen LogP contribution in [0.4, 0.5) is 0 Å². The highest BCUT2D eigenvalue weighted by atomic mass is 16.5. The Hall–Kier alpha value is -0.650. The van der Waals surface area contributed by atoms with Gasteiger partial charge in [0, 0.05) is 26.2 Å². The van der Waals surface area contributed by atoms with Crippen LogP contribution in [0.1, 0.15) is 19.3 Å². The van der Waals surface area contributed by atoms with Crippen molar-refractivity contribution in [3.05, 3.63) is 0 Å². The zero-order valence-electron chi connectivity index (χ0n) is 12.7. The summed E-state index contributed by atoms with van der Waals surface area (Å²) in [7, 11) is 6.29. The molecule has 0 unspecified atom stereocenters. The second-order valence-corrected chi connectivity index (χ2v) is 5.67. The SMILES string of the molecule is CN(C)CCN(C)CCCNC(=O)[C@@H]1CCCOC1. The lowest BCUT2D eigenvalue weighted by atomic mass is 10.0. The molecule has 1 saturated heterocycles. The summed E-state index contributed by atoms with van der Waals surface area (Å²) in [6.45, 7) is 5.33. The third kappa shape index (κ3) is 7.50. The zero-order valence-corrected chi connectivity index (χ0v) is 12.7. The number of carbonyl (C=O) groups is 1. The van der Waals surface area contributed by atoms with Gasteiger partial charge in [0.2, 0.25) is 5.91 Å². The standard InChI is InChI=1S/C14H29N3O2/c1-16(2)9-10-17(3)8-5-7-15-14(18)13-6-4-11-19-12-13/h13H,4-12H2,1-3H3,(H,15,18)/t13-/m1/s1. The summed E-state index contributed by atoms with van der Waals surface area (Å²) < 4.78 is 5.33. The average Bonchev–Trinajstić information content (AvgIpc) is 2.42. The number of nitrogens with one attached hydrogen (secondary N) is 1. The van der Waals surface area contributed by atoms with E-state index in [9.17, 15) is 4.79 Å². The van der Waals surface area contributed by atoms with Crippen molar-refractivity contribution < 1.29 is 9.53 Å². The summed E-state index contributed by atoms with van der Waals surface area (Å²) in [5.74, 6) is 0.232. The van der Waals surface area contributed by atoms with Gasteiger partial charge < -0.3 is 19.9 Å². The van der Waals surface area contributed by atoms with Crippen molar-refractivity contribution in [1.82, 2.24) is 15.1 Å². The highest BCUT2D eigenvalue weighted by molar-refractivity contribution is 5.78. The summed E-state index contributed by atoms with van der Waals surface area (Å²) >= 11 is 0. The first-order valence-corrected chi connectivity index (χ1v) is 7.28. The van der Waals surface area contributed by atoms with Gasteiger partial charge in [0.15, 0.2) is 0 Å². The molecule has 1 atom stereocenters. The Morgan fingerprint density at radius 2 is 2.05 bits per heavy atom. The summed E-state index contributed by atoms with van der Waals surface area (Å²) in [5, 5.41) is 3.02. The Bertz CT molecular complexity index is 253. The quantitative estimate of drug-likeness (QED) is 0.650. The van der Waals surface area contributed by atoms with Gasteiger partial charge in [0.05, 0.1) is 12.5 Å². The summed E-state index contributed by atoms with van der Waals surface area (Å²) in [5.41, 5.74) is 0. The van der Waals surface area contributed by atoms with Gasteiger partial charge in [0.25, 0.3) is 0 Å². The highest BCUT2D eigenvalue weighted by Crippen LogP contribution is 2.13. The number of rotatable bonds is 8. The van der Waals surface area contributed by atoms with E-state index in [1.54, 1.807) is 0 Å². The number of nitrogens with zero attached hydrogens (tertiary/aromatic N) is 2. The van der Waals surface area contributed by atoms with E-state index in [2.05, 4.69) is 36.3 Å². The lowest BCUT2D eigenvalue weighted by Crippen LogP contribution is -2.37. The van der Waals surface area contributed by atoms with E-state index in [1.165, 1.54) is 0 Å². The number of likely N-dealkylation sites (N-methyl/N-ethyl adjacent to an activating group) is 2. The first-order valence-electron chi connectivity index (χ1n) is 7.28. The van der Waals surface area contributed by atoms with Crippen LogP contribution in [0, 0.1) is 5.92 Å². The molecule has 1 fully saturated rings. The number of ether oxygens (including phenoxy) is 1. The van der Waals surface area contributed by atoms with Gasteiger partial charge in [-0.3, -0.25) is 4.79 Å². The molecule has 5 nitrogen and oxygen atoms in total. The molecule has 0 aromatic carbocycles. The van der Waals surface area contributed by atoms with Crippen molar-refractivity contribution in [2.45, 2.75) is 19.3 Å². The average molecular weight is 271 g/mol. The van der Waals surface area contributed by atoms with Gasteiger partial charge in [-0.25, -0.2) is 0 Å². The van der Waals surface area contributed by atoms with Crippen LogP contribution in [-0.4, -0.2) is 76.2 Å². The monoisotopic (exact) mass is 271 g/mol. The Morgan fingerprint density at radius 1 is 1.26 bits per heavy atom. The molecule has 1 heterocycles. The normalized spacial score (nSPS) is 19.9. The molecule has 1 rings (SSSR count). The fourth-order valence-electron chi connectivity index (χ4n) is 2.13. The van der Waals surface area contributed by atoms with Gasteiger partial charge >= 0.3 is 0 Å². The third-order valence-electron chi connectivity index (χ3n) is 3.48. The number of amides is 1. The van der Waals surface area contributed by atoms with E-state index in [0.717, 1.165) is 52.0 Å². The molecule has 19 heavy (non-hydrogen) atoms. The minimum atomic E-state index is 0.0696. The van der Waals surface area contributed by atoms with Crippen molar-refractivity contribution >= 4 is 5.91 Å². The maximum atomic E-state index is 11.8. The molecule has 0 spiro atoms. The number of hydrogen-bond acceptors (Lipinski definition) is 4. The van der Waals surface area contributed by atoms with Crippen molar-refractivity contribution in [2.24, 2.45) is 5.92 Å². The van der Waals surface area contributed by atoms with E-state index in [-0.39, 0.29) is 11.8 Å². The largest absolute Gasteiger partial charge is 0.381 e. The van der Waals surface area contributed by atoms with Gasteiger partial charge in [-0.1, -0.05) is 0 Å². The molecule has 0 radical (unpaired) electrons. The molecule has 1 N–H and O–H groups in total. The number of carbonyl (C=O) groups excluding carboxylic acids is 1. The zero-order chi connectivity index (χ0) is 14.1. The molecule has 1 aliphatic heterocycles. The van der Waals surface area contributed by atoms with E-state index < -0.39 is 0 Å². The Kier molecular flexibility index (Phi) is 8.02. The second-order valence-electron chi connectivity index (χ2n) is 5.67. The van der Waals surface area contributed by atoms with Gasteiger partial charge in [-0.15, -0.1) is 0 Å². The molecule has 1 amide bonds. The van der Waals surface area contributed by atoms with E-state index in [0.29, 0.717) is 6.61 Å². The van der Waals surface area contributed by atoms with Crippen LogP contribution in [0.2, 0.25) is 0 Å². The van der Waals surface area contributed by atoms with Crippen LogP contribution >= 0.6 is 0 Å². The van der Waals surface area contributed by atoms with E-state index >= 15 is 0 Å². The van der Waals surface area contributed by atoms with Crippen LogP contribution < -0.4 is 5.32 Å². The topological polar surface area (TPSA) is 44.8 Å². The summed E-state index contributed by atoms with van der Waals surface area (Å²) in [4.78, 5) is 16.3.